The van der Waals surface area contributed by atoms with Crippen LogP contribution in [0.4, 0.5) is 4.39 Å². The lowest BCUT2D eigenvalue weighted by Crippen LogP contribution is -2.09. The molecular formula is C13H14BrFO. The van der Waals surface area contributed by atoms with Crippen LogP contribution in [0.3, 0.4) is 0 Å². The molecular weight excluding hydrogens is 271 g/mol. The third-order valence-electron chi connectivity index (χ3n) is 3.30. The van der Waals surface area contributed by atoms with Gasteiger partial charge in [0.1, 0.15) is 11.6 Å². The fourth-order valence-corrected chi connectivity index (χ4v) is 2.42. The predicted octanol–water partition coefficient (Wildman–Crippen LogP) is 3.75. The van der Waals surface area contributed by atoms with E-state index in [2.05, 4.69) is 29.8 Å². The monoisotopic (exact) mass is 284 g/mol. The molecule has 0 amide bonds. The lowest BCUT2D eigenvalue weighted by Gasteiger charge is -2.06. The van der Waals surface area contributed by atoms with Gasteiger partial charge in [-0.1, -0.05) is 26.0 Å². The molecule has 0 radical (unpaired) electrons. The normalized spacial score (nSPS) is 21.9. The van der Waals surface area contributed by atoms with E-state index >= 15 is 0 Å². The third-order valence-corrected chi connectivity index (χ3v) is 4.19. The molecule has 86 valence electrons. The van der Waals surface area contributed by atoms with E-state index in [0.29, 0.717) is 10.9 Å². The molecule has 1 unspecified atom stereocenters. The fraction of sp³-hybridized carbons (Fsp3) is 0.462. The predicted molar refractivity (Wildman–Crippen MR) is 64.7 cm³/mol. The highest BCUT2D eigenvalue weighted by Crippen LogP contribution is 2.52. The van der Waals surface area contributed by atoms with Crippen molar-refractivity contribution in [1.29, 1.82) is 0 Å². The maximum Gasteiger partial charge on any atom is 0.140 e. The molecule has 1 aliphatic carbocycles. The molecule has 1 atom stereocenters. The van der Waals surface area contributed by atoms with Gasteiger partial charge in [0.2, 0.25) is 0 Å². The SMILES string of the molecule is CC1(C)CC1C(=O)Cc1cccc(F)c1Br. The minimum absolute atomic E-state index is 0.150. The van der Waals surface area contributed by atoms with Crippen LogP contribution in [0.1, 0.15) is 25.8 Å². The molecule has 1 fully saturated rings. The second-order valence-electron chi connectivity index (χ2n) is 5.10. The molecule has 0 bridgehead atoms. The first-order chi connectivity index (χ1) is 7.42. The van der Waals surface area contributed by atoms with E-state index in [1.54, 1.807) is 12.1 Å². The zero-order valence-electron chi connectivity index (χ0n) is 9.39. The Morgan fingerprint density at radius 3 is 2.75 bits per heavy atom. The largest absolute Gasteiger partial charge is 0.299 e. The summed E-state index contributed by atoms with van der Waals surface area (Å²) in [5.41, 5.74) is 0.893. The average molecular weight is 285 g/mol. The van der Waals surface area contributed by atoms with Crippen LogP contribution in [-0.2, 0) is 11.2 Å². The number of rotatable bonds is 3. The van der Waals surface area contributed by atoms with E-state index in [9.17, 15) is 9.18 Å². The van der Waals surface area contributed by atoms with Crippen molar-refractivity contribution in [3.63, 3.8) is 0 Å². The van der Waals surface area contributed by atoms with Gasteiger partial charge in [0.25, 0.3) is 0 Å². The van der Waals surface area contributed by atoms with E-state index in [-0.39, 0.29) is 22.9 Å². The Labute approximate surface area is 103 Å². The van der Waals surface area contributed by atoms with Gasteiger partial charge in [0.05, 0.1) is 4.47 Å². The molecule has 0 saturated heterocycles. The first-order valence-corrected chi connectivity index (χ1v) is 6.17. The topological polar surface area (TPSA) is 17.1 Å². The minimum atomic E-state index is -0.305. The van der Waals surface area contributed by atoms with Gasteiger partial charge >= 0.3 is 0 Å². The molecule has 1 aromatic rings. The van der Waals surface area contributed by atoms with Crippen molar-refractivity contribution in [3.05, 3.63) is 34.1 Å². The summed E-state index contributed by atoms with van der Waals surface area (Å²) in [5, 5.41) is 0. The summed E-state index contributed by atoms with van der Waals surface area (Å²) in [6.45, 7) is 4.19. The summed E-state index contributed by atoms with van der Waals surface area (Å²) >= 11 is 3.18. The van der Waals surface area contributed by atoms with Crippen molar-refractivity contribution in [3.8, 4) is 0 Å². The number of halogens is 2. The van der Waals surface area contributed by atoms with Gasteiger partial charge in [0, 0.05) is 12.3 Å². The zero-order valence-corrected chi connectivity index (χ0v) is 11.0. The molecule has 1 aromatic carbocycles. The summed E-state index contributed by atoms with van der Waals surface area (Å²) in [6, 6.07) is 4.82. The van der Waals surface area contributed by atoms with Crippen LogP contribution in [0.5, 0.6) is 0 Å². The van der Waals surface area contributed by atoms with Crippen molar-refractivity contribution in [2.75, 3.05) is 0 Å². The molecule has 0 aliphatic heterocycles. The second-order valence-corrected chi connectivity index (χ2v) is 5.89. The highest BCUT2D eigenvalue weighted by atomic mass is 79.9. The van der Waals surface area contributed by atoms with Crippen LogP contribution < -0.4 is 0 Å². The molecule has 1 nitrogen and oxygen atoms in total. The van der Waals surface area contributed by atoms with Gasteiger partial charge in [-0.05, 0) is 39.4 Å². The molecule has 0 aromatic heterocycles. The maximum atomic E-state index is 13.2. The number of benzene rings is 1. The Hall–Kier alpha value is -0.700. The Morgan fingerprint density at radius 2 is 2.19 bits per heavy atom. The van der Waals surface area contributed by atoms with E-state index in [0.717, 1.165) is 12.0 Å². The van der Waals surface area contributed by atoms with Gasteiger partial charge in [-0.25, -0.2) is 4.39 Å². The van der Waals surface area contributed by atoms with E-state index in [1.165, 1.54) is 6.07 Å². The van der Waals surface area contributed by atoms with Crippen LogP contribution in [0.15, 0.2) is 22.7 Å². The average Bonchev–Trinajstić information content (AvgIpc) is 2.83. The Balaban J connectivity index is 2.10. The fourth-order valence-electron chi connectivity index (χ4n) is 2.01. The molecule has 0 spiro atoms. The highest BCUT2D eigenvalue weighted by molar-refractivity contribution is 9.10. The van der Waals surface area contributed by atoms with Crippen LogP contribution in [-0.4, -0.2) is 5.78 Å². The van der Waals surface area contributed by atoms with Crippen LogP contribution in [0.25, 0.3) is 0 Å². The summed E-state index contributed by atoms with van der Waals surface area (Å²) in [4.78, 5) is 11.9. The highest BCUT2D eigenvalue weighted by Gasteiger charge is 2.49. The number of Topliss-reactive ketones (excluding diaryl/α,β-unsaturated/α-hetero) is 1. The van der Waals surface area contributed by atoms with Crippen molar-refractivity contribution < 1.29 is 9.18 Å². The van der Waals surface area contributed by atoms with Gasteiger partial charge in [-0.3, -0.25) is 4.79 Å². The lowest BCUT2D eigenvalue weighted by molar-refractivity contribution is -0.120. The minimum Gasteiger partial charge on any atom is -0.299 e. The van der Waals surface area contributed by atoms with E-state index in [1.807, 2.05) is 0 Å². The smallest absolute Gasteiger partial charge is 0.140 e. The number of carbonyl (C=O) groups is 1. The Kier molecular flexibility index (Phi) is 2.91. The van der Waals surface area contributed by atoms with Gasteiger partial charge in [-0.2, -0.15) is 0 Å². The molecule has 3 heteroatoms. The molecule has 0 heterocycles. The van der Waals surface area contributed by atoms with Gasteiger partial charge < -0.3 is 0 Å². The number of carbonyl (C=O) groups excluding carboxylic acids is 1. The van der Waals surface area contributed by atoms with Gasteiger partial charge in [-0.15, -0.1) is 0 Å². The van der Waals surface area contributed by atoms with E-state index < -0.39 is 0 Å². The van der Waals surface area contributed by atoms with Crippen LogP contribution in [0, 0.1) is 17.2 Å². The number of hydrogen-bond acceptors (Lipinski definition) is 1. The summed E-state index contributed by atoms with van der Waals surface area (Å²) in [7, 11) is 0. The molecule has 0 N–H and O–H groups in total. The maximum absolute atomic E-state index is 13.2. The van der Waals surface area contributed by atoms with E-state index in [4.69, 9.17) is 0 Å². The molecule has 1 aliphatic rings. The van der Waals surface area contributed by atoms with Crippen LogP contribution >= 0.6 is 15.9 Å². The number of hydrogen-bond donors (Lipinski definition) is 0. The number of ketones is 1. The summed E-state index contributed by atoms with van der Waals surface area (Å²) < 4.78 is 13.7. The standard InChI is InChI=1S/C13H14BrFO/c1-13(2)7-9(13)11(16)6-8-4-3-5-10(15)12(8)14/h3-5,9H,6-7H2,1-2H3. The van der Waals surface area contributed by atoms with Crippen LogP contribution in [0.2, 0.25) is 0 Å². The lowest BCUT2D eigenvalue weighted by atomic mass is 10.0. The summed E-state index contributed by atoms with van der Waals surface area (Å²) in [5.74, 6) is 0.0688. The first kappa shape index (κ1) is 11.8. The quantitative estimate of drug-likeness (QED) is 0.826. The van der Waals surface area contributed by atoms with Crippen molar-refractivity contribution in [2.45, 2.75) is 26.7 Å². The second kappa shape index (κ2) is 3.95. The summed E-state index contributed by atoms with van der Waals surface area (Å²) in [6.07, 6.45) is 1.28. The Morgan fingerprint density at radius 1 is 1.56 bits per heavy atom. The first-order valence-electron chi connectivity index (χ1n) is 5.37. The molecule has 2 rings (SSSR count). The molecule has 16 heavy (non-hydrogen) atoms. The third kappa shape index (κ3) is 2.19. The Bertz CT molecular complexity index is 440. The zero-order chi connectivity index (χ0) is 11.9. The van der Waals surface area contributed by atoms with Gasteiger partial charge in [0.15, 0.2) is 0 Å². The van der Waals surface area contributed by atoms with Crippen molar-refractivity contribution >= 4 is 21.7 Å². The van der Waals surface area contributed by atoms with Crippen molar-refractivity contribution in [2.24, 2.45) is 11.3 Å². The molecule has 1 saturated carbocycles. The van der Waals surface area contributed by atoms with Crippen molar-refractivity contribution in [1.82, 2.24) is 0 Å².